The SMILES string of the molecule is COC(=O)C[C@H]1[C@@H](CC#N)CN(S(=O)(=O)c2ccc(C)cc2)[C@@H]1C(=O)OC. The Morgan fingerprint density at radius 3 is 2.37 bits per heavy atom. The van der Waals surface area contributed by atoms with Crippen molar-refractivity contribution in [2.24, 2.45) is 11.8 Å². The van der Waals surface area contributed by atoms with E-state index >= 15 is 0 Å². The van der Waals surface area contributed by atoms with Crippen molar-refractivity contribution in [1.82, 2.24) is 4.31 Å². The van der Waals surface area contributed by atoms with E-state index in [-0.39, 0.29) is 24.3 Å². The van der Waals surface area contributed by atoms with Crippen LogP contribution in [0.25, 0.3) is 0 Å². The quantitative estimate of drug-likeness (QED) is 0.667. The van der Waals surface area contributed by atoms with Crippen molar-refractivity contribution in [3.8, 4) is 6.07 Å². The standard InChI is InChI=1S/C18H22N2O6S/c1-12-4-6-14(7-5-12)27(23,24)20-11-13(8-9-19)15(10-16(21)25-2)17(20)18(22)26-3/h4-7,13,15,17H,8,10-11H2,1-3H3/t13-,15-,17-/m0/s1. The normalized spacial score (nSPS) is 22.8. The summed E-state index contributed by atoms with van der Waals surface area (Å²) in [6.07, 6.45) is -0.169. The number of nitriles is 1. The summed E-state index contributed by atoms with van der Waals surface area (Å²) >= 11 is 0. The van der Waals surface area contributed by atoms with E-state index in [1.807, 2.05) is 13.0 Å². The molecule has 0 saturated carbocycles. The first kappa shape index (κ1) is 20.9. The molecule has 8 nitrogen and oxygen atoms in total. The largest absolute Gasteiger partial charge is 0.469 e. The summed E-state index contributed by atoms with van der Waals surface area (Å²) in [7, 11) is -1.64. The molecule has 1 aliphatic heterocycles. The van der Waals surface area contributed by atoms with Crippen LogP contribution >= 0.6 is 0 Å². The van der Waals surface area contributed by atoms with Gasteiger partial charge in [0.15, 0.2) is 0 Å². The van der Waals surface area contributed by atoms with Gasteiger partial charge in [-0.05, 0) is 25.0 Å². The number of methoxy groups -OCH3 is 2. The fourth-order valence-electron chi connectivity index (χ4n) is 3.35. The molecule has 0 radical (unpaired) electrons. The first-order chi connectivity index (χ1) is 12.8. The van der Waals surface area contributed by atoms with Crippen molar-refractivity contribution in [2.75, 3.05) is 20.8 Å². The van der Waals surface area contributed by atoms with Crippen LogP contribution < -0.4 is 0 Å². The number of carbonyl (C=O) groups excluding carboxylic acids is 2. The van der Waals surface area contributed by atoms with Crippen LogP contribution in [0.5, 0.6) is 0 Å². The number of ether oxygens (including phenoxy) is 2. The topological polar surface area (TPSA) is 114 Å². The molecule has 1 aromatic carbocycles. The van der Waals surface area contributed by atoms with Gasteiger partial charge in [0.05, 0.1) is 31.6 Å². The molecule has 146 valence electrons. The average molecular weight is 394 g/mol. The van der Waals surface area contributed by atoms with E-state index in [2.05, 4.69) is 4.74 Å². The van der Waals surface area contributed by atoms with Crippen molar-refractivity contribution >= 4 is 22.0 Å². The summed E-state index contributed by atoms with van der Waals surface area (Å²) in [4.78, 5) is 24.3. The zero-order chi connectivity index (χ0) is 20.2. The summed E-state index contributed by atoms with van der Waals surface area (Å²) in [6, 6.07) is 7.06. The lowest BCUT2D eigenvalue weighted by Gasteiger charge is -2.25. The molecule has 0 spiro atoms. The number of hydrogen-bond donors (Lipinski definition) is 0. The van der Waals surface area contributed by atoms with E-state index in [1.165, 1.54) is 19.2 Å². The Labute approximate surface area is 158 Å². The number of hydrogen-bond acceptors (Lipinski definition) is 7. The highest BCUT2D eigenvalue weighted by Gasteiger charge is 2.51. The van der Waals surface area contributed by atoms with Gasteiger partial charge in [0.2, 0.25) is 10.0 Å². The Balaban J connectivity index is 2.49. The van der Waals surface area contributed by atoms with Crippen molar-refractivity contribution in [2.45, 2.75) is 30.7 Å². The molecular weight excluding hydrogens is 372 g/mol. The van der Waals surface area contributed by atoms with E-state index in [4.69, 9.17) is 10.00 Å². The smallest absolute Gasteiger partial charge is 0.324 e. The van der Waals surface area contributed by atoms with E-state index < -0.39 is 39.8 Å². The second-order valence-electron chi connectivity index (χ2n) is 6.42. The molecular formula is C18H22N2O6S. The molecule has 1 fully saturated rings. The lowest BCUT2D eigenvalue weighted by Crippen LogP contribution is -2.44. The maximum atomic E-state index is 13.1. The first-order valence-electron chi connectivity index (χ1n) is 8.36. The number of sulfonamides is 1. The zero-order valence-electron chi connectivity index (χ0n) is 15.4. The van der Waals surface area contributed by atoms with Gasteiger partial charge < -0.3 is 9.47 Å². The highest BCUT2D eigenvalue weighted by atomic mass is 32.2. The third kappa shape index (κ3) is 4.28. The summed E-state index contributed by atoms with van der Waals surface area (Å²) in [5.74, 6) is -2.53. The fourth-order valence-corrected chi connectivity index (χ4v) is 5.03. The van der Waals surface area contributed by atoms with Crippen molar-refractivity contribution in [3.63, 3.8) is 0 Å². The monoisotopic (exact) mass is 394 g/mol. The minimum Gasteiger partial charge on any atom is -0.469 e. The lowest BCUT2D eigenvalue weighted by atomic mass is 9.86. The molecule has 0 bridgehead atoms. The summed E-state index contributed by atoms with van der Waals surface area (Å²) in [6.45, 7) is 1.78. The third-order valence-electron chi connectivity index (χ3n) is 4.79. The number of carbonyl (C=O) groups is 2. The molecule has 1 aliphatic rings. The predicted octanol–water partition coefficient (Wildman–Crippen LogP) is 1.25. The van der Waals surface area contributed by atoms with Crippen LogP contribution in [0.2, 0.25) is 0 Å². The van der Waals surface area contributed by atoms with Gasteiger partial charge in [0.1, 0.15) is 6.04 Å². The van der Waals surface area contributed by atoms with Crippen molar-refractivity contribution in [1.29, 1.82) is 5.26 Å². The Morgan fingerprint density at radius 2 is 1.85 bits per heavy atom. The molecule has 0 aromatic heterocycles. The minimum atomic E-state index is -4.02. The molecule has 1 heterocycles. The van der Waals surface area contributed by atoms with E-state index in [9.17, 15) is 18.0 Å². The summed E-state index contributed by atoms with van der Waals surface area (Å²) in [5, 5.41) is 9.10. The molecule has 1 saturated heterocycles. The predicted molar refractivity (Wildman–Crippen MR) is 94.7 cm³/mol. The van der Waals surface area contributed by atoms with Gasteiger partial charge in [-0.1, -0.05) is 17.7 Å². The average Bonchev–Trinajstić information content (AvgIpc) is 3.00. The maximum Gasteiger partial charge on any atom is 0.324 e. The second kappa shape index (κ2) is 8.50. The van der Waals surface area contributed by atoms with Crippen LogP contribution in [0, 0.1) is 30.1 Å². The van der Waals surface area contributed by atoms with Gasteiger partial charge in [-0.3, -0.25) is 9.59 Å². The Hall–Kier alpha value is -2.44. The third-order valence-corrected chi connectivity index (χ3v) is 6.65. The van der Waals surface area contributed by atoms with Crippen LogP contribution in [0.4, 0.5) is 0 Å². The summed E-state index contributed by atoms with van der Waals surface area (Å²) < 4.78 is 36.8. The molecule has 9 heteroatoms. The van der Waals surface area contributed by atoms with Crippen LogP contribution in [0.15, 0.2) is 29.2 Å². The van der Waals surface area contributed by atoms with Crippen molar-refractivity contribution in [3.05, 3.63) is 29.8 Å². The molecule has 27 heavy (non-hydrogen) atoms. The highest BCUT2D eigenvalue weighted by molar-refractivity contribution is 7.89. The van der Waals surface area contributed by atoms with Crippen LogP contribution in [-0.2, 0) is 29.1 Å². The molecule has 3 atom stereocenters. The van der Waals surface area contributed by atoms with E-state index in [0.29, 0.717) is 0 Å². The zero-order valence-corrected chi connectivity index (χ0v) is 16.2. The maximum absolute atomic E-state index is 13.1. The van der Waals surface area contributed by atoms with Gasteiger partial charge in [-0.2, -0.15) is 9.57 Å². The van der Waals surface area contributed by atoms with Gasteiger partial charge in [-0.25, -0.2) is 8.42 Å². The molecule has 0 aliphatic carbocycles. The van der Waals surface area contributed by atoms with E-state index in [1.54, 1.807) is 12.1 Å². The number of benzene rings is 1. The Kier molecular flexibility index (Phi) is 6.57. The number of esters is 2. The molecule has 0 unspecified atom stereocenters. The molecule has 0 amide bonds. The van der Waals surface area contributed by atoms with Crippen LogP contribution in [0.3, 0.4) is 0 Å². The van der Waals surface area contributed by atoms with Gasteiger partial charge in [-0.15, -0.1) is 0 Å². The van der Waals surface area contributed by atoms with Gasteiger partial charge >= 0.3 is 11.9 Å². The van der Waals surface area contributed by atoms with E-state index in [0.717, 1.165) is 17.0 Å². The first-order valence-corrected chi connectivity index (χ1v) is 9.80. The Morgan fingerprint density at radius 1 is 1.22 bits per heavy atom. The highest BCUT2D eigenvalue weighted by Crippen LogP contribution is 2.38. The minimum absolute atomic E-state index is 0.00900. The van der Waals surface area contributed by atoms with Crippen molar-refractivity contribution < 1.29 is 27.5 Å². The Bertz CT molecular complexity index is 844. The molecule has 1 aromatic rings. The number of rotatable bonds is 6. The molecule has 2 rings (SSSR count). The van der Waals surface area contributed by atoms with Gasteiger partial charge in [0, 0.05) is 18.9 Å². The van der Waals surface area contributed by atoms with Gasteiger partial charge in [0.25, 0.3) is 0 Å². The lowest BCUT2D eigenvalue weighted by molar-refractivity contribution is -0.147. The number of aryl methyl sites for hydroxylation is 1. The second-order valence-corrected chi connectivity index (χ2v) is 8.31. The molecule has 0 N–H and O–H groups in total. The number of nitrogens with zero attached hydrogens (tertiary/aromatic N) is 2. The van der Waals surface area contributed by atoms with Crippen LogP contribution in [-0.4, -0.2) is 51.5 Å². The summed E-state index contributed by atoms with van der Waals surface area (Å²) in [5.41, 5.74) is 0.894. The van der Waals surface area contributed by atoms with Crippen LogP contribution in [0.1, 0.15) is 18.4 Å². The fraction of sp³-hybridized carbons (Fsp3) is 0.500.